The minimum absolute atomic E-state index is 0.0259. The molecule has 4 heteroatoms. The molecule has 5 fully saturated rings. The highest BCUT2D eigenvalue weighted by molar-refractivity contribution is 5.82. The molecule has 31 heavy (non-hydrogen) atoms. The van der Waals surface area contributed by atoms with E-state index in [9.17, 15) is 9.59 Å². The summed E-state index contributed by atoms with van der Waals surface area (Å²) < 4.78 is 12.1. The molecule has 0 aromatic carbocycles. The summed E-state index contributed by atoms with van der Waals surface area (Å²) in [4.78, 5) is 24.3. The van der Waals surface area contributed by atoms with Crippen molar-refractivity contribution in [3.8, 4) is 0 Å². The minimum Gasteiger partial charge on any atom is -0.459 e. The van der Waals surface area contributed by atoms with Crippen LogP contribution in [-0.4, -0.2) is 23.6 Å². The van der Waals surface area contributed by atoms with E-state index in [1.165, 1.54) is 57.1 Å². The van der Waals surface area contributed by atoms with E-state index in [1.807, 2.05) is 0 Å². The van der Waals surface area contributed by atoms with Crippen LogP contribution in [0, 0.1) is 41.4 Å². The normalized spacial score (nSPS) is 45.4. The molecule has 9 atom stereocenters. The van der Waals surface area contributed by atoms with Gasteiger partial charge in [0, 0.05) is 18.1 Å². The summed E-state index contributed by atoms with van der Waals surface area (Å²) in [6.07, 6.45) is 16.9. The van der Waals surface area contributed by atoms with Crippen LogP contribution >= 0.6 is 0 Å². The molecule has 5 rings (SSSR count). The van der Waals surface area contributed by atoms with Crippen molar-refractivity contribution >= 4 is 11.9 Å². The lowest BCUT2D eigenvalue weighted by atomic mass is 9.62. The average Bonchev–Trinajstić information content (AvgIpc) is 3.46. The number of hydrogen-bond donors (Lipinski definition) is 0. The Kier molecular flexibility index (Phi) is 5.77. The van der Waals surface area contributed by atoms with E-state index in [0.29, 0.717) is 23.7 Å². The maximum Gasteiger partial charge on any atom is 0.330 e. The topological polar surface area (TPSA) is 52.6 Å². The number of rotatable bonds is 6. The smallest absolute Gasteiger partial charge is 0.330 e. The maximum atomic E-state index is 12.4. The standard InChI is InChI=1S/C27H38O4/c1-3-25(28)30-24-10-5-7-18-12-11-17(13-22(18)24)15-27(31-26(29)4-2)16-19-14-23(27)21-9-6-8-20(19)21/h3-4,17-24H,1-2,5-16H2. The summed E-state index contributed by atoms with van der Waals surface area (Å²) in [5.41, 5.74) is -0.291. The Hall–Kier alpha value is -1.58. The van der Waals surface area contributed by atoms with Gasteiger partial charge in [-0.25, -0.2) is 9.59 Å². The molecule has 0 amide bonds. The Morgan fingerprint density at radius 1 is 0.839 bits per heavy atom. The predicted molar refractivity (Wildman–Crippen MR) is 119 cm³/mol. The molecule has 5 aliphatic rings. The second-order valence-corrected chi connectivity index (χ2v) is 11.2. The van der Waals surface area contributed by atoms with Crippen LogP contribution in [0.2, 0.25) is 0 Å². The second-order valence-electron chi connectivity index (χ2n) is 11.2. The van der Waals surface area contributed by atoms with Gasteiger partial charge in [-0.1, -0.05) is 26.0 Å². The van der Waals surface area contributed by atoms with Gasteiger partial charge in [-0.15, -0.1) is 0 Å². The fourth-order valence-corrected chi connectivity index (χ4v) is 8.83. The Morgan fingerprint density at radius 2 is 1.61 bits per heavy atom. The molecule has 0 spiro atoms. The third kappa shape index (κ3) is 3.78. The van der Waals surface area contributed by atoms with Gasteiger partial charge in [0.25, 0.3) is 0 Å². The second kappa shape index (κ2) is 8.41. The van der Waals surface area contributed by atoms with Crippen LogP contribution < -0.4 is 0 Å². The first kappa shape index (κ1) is 21.3. The third-order valence-electron chi connectivity index (χ3n) is 9.82. The van der Waals surface area contributed by atoms with Gasteiger partial charge >= 0.3 is 11.9 Å². The molecule has 0 aromatic heterocycles. The molecular formula is C27H38O4. The van der Waals surface area contributed by atoms with Crippen molar-refractivity contribution in [2.75, 3.05) is 0 Å². The first-order valence-electron chi connectivity index (χ1n) is 12.7. The van der Waals surface area contributed by atoms with E-state index < -0.39 is 0 Å². The van der Waals surface area contributed by atoms with E-state index in [0.717, 1.165) is 49.9 Å². The van der Waals surface area contributed by atoms with Crippen LogP contribution in [-0.2, 0) is 19.1 Å². The Bertz CT molecular complexity index is 744. The van der Waals surface area contributed by atoms with Crippen molar-refractivity contribution in [2.24, 2.45) is 41.4 Å². The van der Waals surface area contributed by atoms with Gasteiger partial charge in [0.05, 0.1) is 0 Å². The van der Waals surface area contributed by atoms with Gasteiger partial charge in [0.2, 0.25) is 0 Å². The van der Waals surface area contributed by atoms with Gasteiger partial charge in [0.15, 0.2) is 0 Å². The molecule has 0 heterocycles. The van der Waals surface area contributed by atoms with Gasteiger partial charge in [-0.3, -0.25) is 0 Å². The molecule has 0 saturated heterocycles. The van der Waals surface area contributed by atoms with Crippen LogP contribution in [0.1, 0.15) is 77.0 Å². The van der Waals surface area contributed by atoms with Gasteiger partial charge in [0.1, 0.15) is 11.7 Å². The summed E-state index contributed by atoms with van der Waals surface area (Å²) >= 11 is 0. The lowest BCUT2D eigenvalue weighted by molar-refractivity contribution is -0.169. The zero-order valence-electron chi connectivity index (χ0n) is 18.8. The van der Waals surface area contributed by atoms with Crippen LogP contribution in [0.4, 0.5) is 0 Å². The van der Waals surface area contributed by atoms with Gasteiger partial charge in [-0.2, -0.15) is 0 Å². The highest BCUT2D eigenvalue weighted by Gasteiger charge is 2.63. The highest BCUT2D eigenvalue weighted by atomic mass is 16.6. The predicted octanol–water partition coefficient (Wildman–Crippen LogP) is 5.61. The lowest BCUT2D eigenvalue weighted by Crippen LogP contribution is -2.48. The number of carbonyl (C=O) groups is 2. The SMILES string of the molecule is C=CC(=O)OC1CCCC2CCC(CC3(OC(=O)C=C)CC4CC3C3CCCC43)CC21. The van der Waals surface area contributed by atoms with Crippen molar-refractivity contribution < 1.29 is 19.1 Å². The maximum absolute atomic E-state index is 12.4. The van der Waals surface area contributed by atoms with Crippen molar-refractivity contribution in [2.45, 2.75) is 88.8 Å². The van der Waals surface area contributed by atoms with Crippen LogP contribution in [0.3, 0.4) is 0 Å². The van der Waals surface area contributed by atoms with E-state index in [2.05, 4.69) is 13.2 Å². The molecular weight excluding hydrogens is 388 g/mol. The molecule has 5 saturated carbocycles. The van der Waals surface area contributed by atoms with Crippen molar-refractivity contribution in [3.05, 3.63) is 25.3 Å². The Balaban J connectivity index is 1.33. The molecule has 2 bridgehead atoms. The first-order valence-corrected chi connectivity index (χ1v) is 12.7. The monoisotopic (exact) mass is 426 g/mol. The molecule has 0 aliphatic heterocycles. The highest BCUT2D eigenvalue weighted by Crippen LogP contribution is 2.65. The van der Waals surface area contributed by atoms with Gasteiger partial charge < -0.3 is 9.47 Å². The zero-order valence-corrected chi connectivity index (χ0v) is 18.8. The fourth-order valence-electron chi connectivity index (χ4n) is 8.83. The Morgan fingerprint density at radius 3 is 2.42 bits per heavy atom. The average molecular weight is 427 g/mol. The molecule has 0 radical (unpaired) electrons. The van der Waals surface area contributed by atoms with Crippen LogP contribution in [0.5, 0.6) is 0 Å². The summed E-state index contributed by atoms with van der Waals surface area (Å²) in [6.45, 7) is 7.25. The fraction of sp³-hybridized carbons (Fsp3) is 0.778. The molecule has 5 aliphatic carbocycles. The lowest BCUT2D eigenvalue weighted by Gasteiger charge is -2.48. The summed E-state index contributed by atoms with van der Waals surface area (Å²) in [5.74, 6) is 4.02. The summed E-state index contributed by atoms with van der Waals surface area (Å²) in [7, 11) is 0. The van der Waals surface area contributed by atoms with Gasteiger partial charge in [-0.05, 0) is 99.7 Å². The number of carbonyl (C=O) groups excluding carboxylic acids is 2. The molecule has 4 nitrogen and oxygen atoms in total. The van der Waals surface area contributed by atoms with Crippen molar-refractivity contribution in [3.63, 3.8) is 0 Å². The molecule has 0 N–H and O–H groups in total. The first-order chi connectivity index (χ1) is 15.0. The molecule has 9 unspecified atom stereocenters. The number of ether oxygens (including phenoxy) is 2. The number of fused-ring (bicyclic) bond motifs is 6. The quantitative estimate of drug-likeness (QED) is 0.409. The van der Waals surface area contributed by atoms with Crippen LogP contribution in [0.25, 0.3) is 0 Å². The number of hydrogen-bond acceptors (Lipinski definition) is 4. The molecule has 170 valence electrons. The van der Waals surface area contributed by atoms with Crippen molar-refractivity contribution in [1.29, 1.82) is 0 Å². The van der Waals surface area contributed by atoms with Crippen LogP contribution in [0.15, 0.2) is 25.3 Å². The van der Waals surface area contributed by atoms with E-state index in [-0.39, 0.29) is 23.6 Å². The largest absolute Gasteiger partial charge is 0.459 e. The van der Waals surface area contributed by atoms with E-state index >= 15 is 0 Å². The third-order valence-corrected chi connectivity index (χ3v) is 9.82. The summed E-state index contributed by atoms with van der Waals surface area (Å²) in [5, 5.41) is 0. The minimum atomic E-state index is -0.291. The number of esters is 2. The summed E-state index contributed by atoms with van der Waals surface area (Å²) in [6, 6.07) is 0. The zero-order chi connectivity index (χ0) is 21.6. The molecule has 0 aromatic rings. The van der Waals surface area contributed by atoms with E-state index in [1.54, 1.807) is 0 Å². The van der Waals surface area contributed by atoms with E-state index in [4.69, 9.17) is 9.47 Å². The Labute approximate surface area is 186 Å². The van der Waals surface area contributed by atoms with Crippen molar-refractivity contribution in [1.82, 2.24) is 0 Å².